The molecule has 0 aromatic heterocycles. The minimum absolute atomic E-state index is 0.0495. The zero-order valence-corrected chi connectivity index (χ0v) is 25.7. The van der Waals surface area contributed by atoms with E-state index in [4.69, 9.17) is 18.6 Å². The van der Waals surface area contributed by atoms with Crippen molar-refractivity contribution in [2.24, 2.45) is 0 Å². The third-order valence-corrected chi connectivity index (χ3v) is 7.04. The summed E-state index contributed by atoms with van der Waals surface area (Å²) < 4.78 is 24.4. The van der Waals surface area contributed by atoms with Gasteiger partial charge in [-0.2, -0.15) is 0 Å². The molecule has 0 unspecified atom stereocenters. The topological polar surface area (TPSA) is 121 Å². The number of carbonyl (C=O) groups is 3. The lowest BCUT2D eigenvalue weighted by molar-refractivity contribution is -0.255. The van der Waals surface area contributed by atoms with Crippen LogP contribution in [0.1, 0.15) is 31.1 Å². The van der Waals surface area contributed by atoms with E-state index in [2.05, 4.69) is 13.2 Å². The van der Waals surface area contributed by atoms with Crippen LogP contribution in [0.4, 0.5) is 5.69 Å². The Hall–Kier alpha value is -5.38. The average Bonchev–Trinajstić information content (AvgIpc) is 3.00. The van der Waals surface area contributed by atoms with Crippen LogP contribution in [-0.2, 0) is 23.8 Å². The smallest absolute Gasteiger partial charge is 0.302 e. The van der Waals surface area contributed by atoms with Gasteiger partial charge >= 0.3 is 11.9 Å². The van der Waals surface area contributed by atoms with Crippen molar-refractivity contribution in [1.82, 2.24) is 4.58 Å². The van der Waals surface area contributed by atoms with Gasteiger partial charge in [-0.3, -0.25) is 9.59 Å². The van der Waals surface area contributed by atoms with Gasteiger partial charge in [0, 0.05) is 53.7 Å². The van der Waals surface area contributed by atoms with Crippen LogP contribution in [0.2, 0.25) is 0 Å². The number of carboxylic acids is 1. The van der Waals surface area contributed by atoms with E-state index >= 15 is 0 Å². The van der Waals surface area contributed by atoms with Crippen LogP contribution < -0.4 is 19.9 Å². The molecule has 0 amide bonds. The molecule has 0 N–H and O–H groups in total. The Morgan fingerprint density at radius 2 is 1.58 bits per heavy atom. The van der Waals surface area contributed by atoms with Gasteiger partial charge in [-0.25, -0.2) is 4.58 Å². The second-order valence-corrected chi connectivity index (χ2v) is 10.3. The van der Waals surface area contributed by atoms with Gasteiger partial charge in [-0.05, 0) is 36.9 Å². The lowest BCUT2D eigenvalue weighted by Crippen LogP contribution is -2.36. The highest BCUT2D eigenvalue weighted by molar-refractivity contribution is 6.07. The number of aromatic carboxylic acids is 1. The molecule has 234 valence electrons. The van der Waals surface area contributed by atoms with E-state index in [1.165, 1.54) is 19.9 Å². The lowest BCUT2D eigenvalue weighted by atomic mass is 9.90. The summed E-state index contributed by atoms with van der Waals surface area (Å²) in [5.41, 5.74) is 3.14. The molecule has 0 saturated heterocycles. The maximum absolute atomic E-state index is 12.2. The fourth-order valence-corrected chi connectivity index (χ4v) is 5.03. The summed E-state index contributed by atoms with van der Waals surface area (Å²) in [5, 5.41) is 13.7. The van der Waals surface area contributed by atoms with Crippen LogP contribution in [0.3, 0.4) is 0 Å². The van der Waals surface area contributed by atoms with E-state index in [-0.39, 0.29) is 30.7 Å². The first-order valence-corrected chi connectivity index (χ1v) is 14.4. The van der Waals surface area contributed by atoms with E-state index in [1.54, 1.807) is 31.3 Å². The first-order valence-electron chi connectivity index (χ1n) is 14.4. The Morgan fingerprint density at radius 1 is 0.889 bits per heavy atom. The molecule has 0 saturated carbocycles. The summed E-state index contributed by atoms with van der Waals surface area (Å²) in [5.74, 6) is -0.953. The van der Waals surface area contributed by atoms with E-state index in [1.807, 2.05) is 45.9 Å². The summed E-state index contributed by atoms with van der Waals surface area (Å²) in [4.78, 5) is 36.7. The predicted octanol–water partition coefficient (Wildman–Crippen LogP) is 3.97. The maximum Gasteiger partial charge on any atom is 0.302 e. The molecular formula is C35H36N2O8. The third kappa shape index (κ3) is 8.17. The van der Waals surface area contributed by atoms with Crippen molar-refractivity contribution in [2.45, 2.75) is 20.8 Å². The molecule has 0 fully saturated rings. The van der Waals surface area contributed by atoms with Crippen molar-refractivity contribution in [3.8, 4) is 22.5 Å². The summed E-state index contributed by atoms with van der Waals surface area (Å²) in [6, 6.07) is 17.9. The molecule has 2 aromatic carbocycles. The molecule has 0 atom stereocenters. The SMILES string of the molecule is C=CN(CCOC(C)=O)c1ccc2c(-c3ccccc3C(=O)[O-])c3ccc(=[N+](CCOC(=C)C)CCOC(C)=O)cc-3oc2c1. The van der Waals surface area contributed by atoms with Crippen LogP contribution in [0.15, 0.2) is 90.2 Å². The molecule has 4 rings (SSSR count). The van der Waals surface area contributed by atoms with Crippen LogP contribution in [0.5, 0.6) is 0 Å². The number of anilines is 1. The fraction of sp³-hybridized carbons (Fsp3) is 0.257. The largest absolute Gasteiger partial charge is 0.545 e. The quantitative estimate of drug-likeness (QED) is 0.0901. The van der Waals surface area contributed by atoms with E-state index in [0.29, 0.717) is 65.4 Å². The summed E-state index contributed by atoms with van der Waals surface area (Å²) in [6.07, 6.45) is 1.63. The second-order valence-electron chi connectivity index (χ2n) is 10.3. The number of carbonyl (C=O) groups excluding carboxylic acids is 3. The van der Waals surface area contributed by atoms with Crippen molar-refractivity contribution >= 4 is 34.6 Å². The van der Waals surface area contributed by atoms with Gasteiger partial charge in [0.25, 0.3) is 0 Å². The number of hydrogen-bond acceptors (Lipinski definition) is 9. The number of benzene rings is 3. The summed E-state index contributed by atoms with van der Waals surface area (Å²) in [7, 11) is 0. The standard InChI is InChI=1S/C35H36N2O8/c1-6-36(15-19-43-24(4)38)26-11-13-30-32(21-26)45-33-22-27(37(16-18-42-23(2)3)17-20-44-25(5)39)12-14-31(33)34(30)28-9-7-8-10-29(28)35(40)41/h6-14,21-22H,1-2,15-20H2,3-5H3. The lowest BCUT2D eigenvalue weighted by Gasteiger charge is -2.22. The second kappa shape index (κ2) is 14.9. The van der Waals surface area contributed by atoms with Gasteiger partial charge in [0.1, 0.15) is 31.2 Å². The Morgan fingerprint density at radius 3 is 2.24 bits per heavy atom. The monoisotopic (exact) mass is 612 g/mol. The third-order valence-electron chi connectivity index (χ3n) is 7.04. The Bertz CT molecular complexity index is 1770. The van der Waals surface area contributed by atoms with Crippen LogP contribution in [0, 0.1) is 0 Å². The van der Waals surface area contributed by atoms with E-state index in [0.717, 1.165) is 11.0 Å². The van der Waals surface area contributed by atoms with Crippen LogP contribution in [-0.4, -0.2) is 57.4 Å². The number of fused-ring (bicyclic) bond motifs is 2. The summed E-state index contributed by atoms with van der Waals surface area (Å²) in [6.45, 7) is 14.1. The number of allylic oxidation sites excluding steroid dienone is 1. The molecule has 0 spiro atoms. The molecule has 1 aliphatic heterocycles. The van der Waals surface area contributed by atoms with Gasteiger partial charge in [-0.1, -0.05) is 37.4 Å². The van der Waals surface area contributed by atoms with E-state index < -0.39 is 5.97 Å². The molecule has 2 aliphatic rings. The summed E-state index contributed by atoms with van der Waals surface area (Å²) >= 11 is 0. The molecule has 0 bridgehead atoms. The highest BCUT2D eigenvalue weighted by Crippen LogP contribution is 2.42. The van der Waals surface area contributed by atoms with Gasteiger partial charge < -0.3 is 33.4 Å². The maximum atomic E-state index is 12.2. The zero-order valence-electron chi connectivity index (χ0n) is 25.7. The van der Waals surface area contributed by atoms with Crippen LogP contribution >= 0.6 is 0 Å². The first kappa shape index (κ1) is 32.5. The fourth-order valence-electron chi connectivity index (χ4n) is 5.03. The number of ether oxygens (including phenoxy) is 3. The molecule has 10 heteroatoms. The van der Waals surface area contributed by atoms with Crippen LogP contribution in [0.25, 0.3) is 33.4 Å². The zero-order chi connectivity index (χ0) is 32.5. The van der Waals surface area contributed by atoms with Crippen molar-refractivity contribution in [3.63, 3.8) is 0 Å². The molecular weight excluding hydrogens is 576 g/mol. The molecule has 1 heterocycles. The first-order chi connectivity index (χ1) is 21.6. The number of carboxylic acid groups (broad SMARTS) is 1. The van der Waals surface area contributed by atoms with Gasteiger partial charge in [0.2, 0.25) is 5.36 Å². The van der Waals surface area contributed by atoms with Gasteiger partial charge in [0.05, 0.1) is 24.3 Å². The Kier molecular flexibility index (Phi) is 10.8. The van der Waals surface area contributed by atoms with Crippen molar-refractivity contribution in [3.05, 3.63) is 96.7 Å². The van der Waals surface area contributed by atoms with Crippen molar-refractivity contribution in [2.75, 3.05) is 44.4 Å². The average molecular weight is 613 g/mol. The van der Waals surface area contributed by atoms with Gasteiger partial charge in [0.15, 0.2) is 13.1 Å². The molecule has 0 radical (unpaired) electrons. The minimum atomic E-state index is -1.29. The minimum Gasteiger partial charge on any atom is -0.545 e. The van der Waals surface area contributed by atoms with E-state index in [9.17, 15) is 19.5 Å². The normalized spacial score (nSPS) is 11.5. The van der Waals surface area contributed by atoms with Crippen molar-refractivity contribution in [1.29, 1.82) is 0 Å². The molecule has 10 nitrogen and oxygen atoms in total. The number of nitrogens with zero attached hydrogens (tertiary/aromatic N) is 2. The number of rotatable bonds is 14. The molecule has 45 heavy (non-hydrogen) atoms. The highest BCUT2D eigenvalue weighted by Gasteiger charge is 2.22. The molecule has 1 aliphatic carbocycles. The number of esters is 2. The van der Waals surface area contributed by atoms with Crippen molar-refractivity contribution < 1.29 is 38.1 Å². The Labute approximate surface area is 261 Å². The predicted molar refractivity (Wildman–Crippen MR) is 169 cm³/mol. The highest BCUT2D eigenvalue weighted by atomic mass is 16.5. The molecule has 2 aromatic rings. The number of hydrogen-bond donors (Lipinski definition) is 0. The van der Waals surface area contributed by atoms with Gasteiger partial charge in [-0.15, -0.1) is 0 Å². The Balaban J connectivity index is 1.95.